The first kappa shape index (κ1) is 16.3. The third-order valence-electron chi connectivity index (χ3n) is 4.55. The number of H-pyrrole nitrogens is 1. The minimum absolute atomic E-state index is 0.0190. The molecule has 3 nitrogen and oxygen atoms in total. The molecular weight excluding hydrogens is 296 g/mol. The van der Waals surface area contributed by atoms with Crippen molar-refractivity contribution in [2.45, 2.75) is 40.5 Å². The summed E-state index contributed by atoms with van der Waals surface area (Å²) in [4.78, 5) is 13.1. The molecule has 2 aromatic carbocycles. The van der Waals surface area contributed by atoms with E-state index < -0.39 is 0 Å². The molecule has 0 unspecified atom stereocenters. The summed E-state index contributed by atoms with van der Waals surface area (Å²) in [6.07, 6.45) is 1.85. The summed E-state index contributed by atoms with van der Waals surface area (Å²) in [5.74, 6) is 0. The van der Waals surface area contributed by atoms with Gasteiger partial charge in [-0.1, -0.05) is 49.2 Å². The highest BCUT2D eigenvalue weighted by atomic mass is 16.1. The van der Waals surface area contributed by atoms with E-state index in [0.29, 0.717) is 0 Å². The van der Waals surface area contributed by atoms with Gasteiger partial charge >= 0.3 is 0 Å². The number of rotatable bonds is 4. The summed E-state index contributed by atoms with van der Waals surface area (Å²) >= 11 is 0. The number of aromatic nitrogens is 2. The fourth-order valence-electron chi connectivity index (χ4n) is 2.98. The predicted octanol–water partition coefficient (Wildman–Crippen LogP) is 4.71. The molecule has 124 valence electrons. The van der Waals surface area contributed by atoms with Crippen LogP contribution in [0.1, 0.15) is 35.7 Å². The summed E-state index contributed by atoms with van der Waals surface area (Å²) in [5.41, 5.74) is 7.28. The van der Waals surface area contributed by atoms with E-state index in [1.54, 1.807) is 4.68 Å². The highest BCUT2D eigenvalue weighted by Crippen LogP contribution is 2.22. The van der Waals surface area contributed by atoms with Crippen LogP contribution in [-0.4, -0.2) is 9.78 Å². The molecule has 1 heterocycles. The molecule has 0 fully saturated rings. The molecule has 0 bridgehead atoms. The maximum atomic E-state index is 13.1. The SMILES string of the molecule is CCCc1[nH]n(-c2ccc(C)c(C)c2)c(=O)c1-c1ccc(C)cc1. The lowest BCUT2D eigenvalue weighted by molar-refractivity contribution is 0.793. The molecule has 0 aliphatic carbocycles. The molecule has 3 heteroatoms. The van der Waals surface area contributed by atoms with Crippen molar-refractivity contribution in [1.82, 2.24) is 9.78 Å². The Morgan fingerprint density at radius 1 is 0.958 bits per heavy atom. The van der Waals surface area contributed by atoms with Gasteiger partial charge in [-0.15, -0.1) is 0 Å². The second-order valence-corrected chi connectivity index (χ2v) is 6.49. The van der Waals surface area contributed by atoms with E-state index in [0.717, 1.165) is 35.3 Å². The number of aryl methyl sites for hydroxylation is 4. The number of nitrogens with zero attached hydrogens (tertiary/aromatic N) is 1. The van der Waals surface area contributed by atoms with Crippen LogP contribution in [-0.2, 0) is 6.42 Å². The maximum absolute atomic E-state index is 13.1. The molecule has 0 aliphatic rings. The van der Waals surface area contributed by atoms with Crippen molar-refractivity contribution >= 4 is 0 Å². The number of hydrogen-bond acceptors (Lipinski definition) is 1. The molecule has 0 aliphatic heterocycles. The van der Waals surface area contributed by atoms with Gasteiger partial charge in [0.15, 0.2) is 0 Å². The third kappa shape index (κ3) is 2.94. The topological polar surface area (TPSA) is 37.8 Å². The Morgan fingerprint density at radius 3 is 2.29 bits per heavy atom. The molecule has 1 aromatic heterocycles. The van der Waals surface area contributed by atoms with Crippen molar-refractivity contribution in [3.05, 3.63) is 75.2 Å². The standard InChI is InChI=1S/C21H24N2O/c1-5-6-19-20(17-10-7-14(2)8-11-17)21(24)23(22-19)18-12-9-15(3)16(4)13-18/h7-13,22H,5-6H2,1-4H3. The minimum atomic E-state index is 0.0190. The van der Waals surface area contributed by atoms with Crippen molar-refractivity contribution in [3.63, 3.8) is 0 Å². The summed E-state index contributed by atoms with van der Waals surface area (Å²) in [6, 6.07) is 14.3. The van der Waals surface area contributed by atoms with Gasteiger partial charge in [0, 0.05) is 5.69 Å². The normalized spacial score (nSPS) is 11.0. The largest absolute Gasteiger partial charge is 0.294 e. The Bertz CT molecular complexity index is 914. The van der Waals surface area contributed by atoms with Gasteiger partial charge in [-0.05, 0) is 56.0 Å². The van der Waals surface area contributed by atoms with Gasteiger partial charge in [-0.25, -0.2) is 4.68 Å². The van der Waals surface area contributed by atoms with Crippen LogP contribution in [0.2, 0.25) is 0 Å². The zero-order chi connectivity index (χ0) is 17.3. The van der Waals surface area contributed by atoms with Gasteiger partial charge < -0.3 is 0 Å². The van der Waals surface area contributed by atoms with Crippen LogP contribution in [0.4, 0.5) is 0 Å². The summed E-state index contributed by atoms with van der Waals surface area (Å²) in [5, 5.41) is 3.33. The number of nitrogens with one attached hydrogen (secondary N) is 1. The van der Waals surface area contributed by atoms with Gasteiger partial charge in [0.05, 0.1) is 11.3 Å². The monoisotopic (exact) mass is 320 g/mol. The van der Waals surface area contributed by atoms with Crippen LogP contribution in [0, 0.1) is 20.8 Å². The smallest absolute Gasteiger partial charge is 0.279 e. The van der Waals surface area contributed by atoms with E-state index in [4.69, 9.17) is 0 Å². The van der Waals surface area contributed by atoms with Crippen LogP contribution in [0.25, 0.3) is 16.8 Å². The molecule has 0 saturated heterocycles. The maximum Gasteiger partial charge on any atom is 0.279 e. The second-order valence-electron chi connectivity index (χ2n) is 6.49. The van der Waals surface area contributed by atoms with E-state index in [2.05, 4.69) is 57.1 Å². The van der Waals surface area contributed by atoms with Crippen molar-refractivity contribution in [1.29, 1.82) is 0 Å². The molecule has 0 atom stereocenters. The van der Waals surface area contributed by atoms with Gasteiger partial charge in [0.25, 0.3) is 5.56 Å². The summed E-state index contributed by atoms with van der Waals surface area (Å²) in [6.45, 7) is 8.34. The number of hydrogen-bond donors (Lipinski definition) is 1. The molecular formula is C21H24N2O. The Morgan fingerprint density at radius 2 is 1.67 bits per heavy atom. The van der Waals surface area contributed by atoms with Crippen molar-refractivity contribution in [2.24, 2.45) is 0 Å². The average molecular weight is 320 g/mol. The summed E-state index contributed by atoms with van der Waals surface area (Å²) in [7, 11) is 0. The highest BCUT2D eigenvalue weighted by molar-refractivity contribution is 5.66. The van der Waals surface area contributed by atoms with Gasteiger partial charge in [0.2, 0.25) is 0 Å². The van der Waals surface area contributed by atoms with E-state index in [-0.39, 0.29) is 5.56 Å². The van der Waals surface area contributed by atoms with Crippen LogP contribution < -0.4 is 5.56 Å². The molecule has 3 aromatic rings. The predicted molar refractivity (Wildman–Crippen MR) is 100 cm³/mol. The lowest BCUT2D eigenvalue weighted by Crippen LogP contribution is -2.15. The van der Waals surface area contributed by atoms with E-state index in [1.165, 1.54) is 16.7 Å². The fourth-order valence-corrected chi connectivity index (χ4v) is 2.98. The first-order valence-corrected chi connectivity index (χ1v) is 8.50. The Kier molecular flexibility index (Phi) is 4.43. The quantitative estimate of drug-likeness (QED) is 0.742. The van der Waals surface area contributed by atoms with Crippen LogP contribution in [0.15, 0.2) is 47.3 Å². The van der Waals surface area contributed by atoms with Crippen LogP contribution in [0.3, 0.4) is 0 Å². The first-order chi connectivity index (χ1) is 11.5. The van der Waals surface area contributed by atoms with Crippen molar-refractivity contribution < 1.29 is 0 Å². The zero-order valence-corrected chi connectivity index (χ0v) is 14.8. The van der Waals surface area contributed by atoms with Crippen LogP contribution in [0.5, 0.6) is 0 Å². The molecule has 0 spiro atoms. The lowest BCUT2D eigenvalue weighted by Gasteiger charge is -2.05. The van der Waals surface area contributed by atoms with Gasteiger partial charge in [-0.3, -0.25) is 9.89 Å². The zero-order valence-electron chi connectivity index (χ0n) is 14.8. The molecule has 3 rings (SSSR count). The third-order valence-corrected chi connectivity index (χ3v) is 4.55. The van der Waals surface area contributed by atoms with Gasteiger partial charge in [-0.2, -0.15) is 0 Å². The van der Waals surface area contributed by atoms with Crippen molar-refractivity contribution in [2.75, 3.05) is 0 Å². The Hall–Kier alpha value is -2.55. The Labute approximate surface area is 143 Å². The molecule has 1 N–H and O–H groups in total. The number of aromatic amines is 1. The van der Waals surface area contributed by atoms with E-state index in [9.17, 15) is 4.79 Å². The second kappa shape index (κ2) is 6.52. The molecule has 0 radical (unpaired) electrons. The van der Waals surface area contributed by atoms with E-state index >= 15 is 0 Å². The average Bonchev–Trinajstić information content (AvgIpc) is 2.88. The molecule has 0 saturated carbocycles. The summed E-state index contributed by atoms with van der Waals surface area (Å²) < 4.78 is 1.67. The Balaban J connectivity index is 2.19. The van der Waals surface area contributed by atoms with Crippen molar-refractivity contribution in [3.8, 4) is 16.8 Å². The molecule has 0 amide bonds. The first-order valence-electron chi connectivity index (χ1n) is 8.50. The minimum Gasteiger partial charge on any atom is -0.294 e. The highest BCUT2D eigenvalue weighted by Gasteiger charge is 2.16. The van der Waals surface area contributed by atoms with E-state index in [1.807, 2.05) is 18.2 Å². The molecule has 24 heavy (non-hydrogen) atoms. The number of benzene rings is 2. The fraction of sp³-hybridized carbons (Fsp3) is 0.286. The lowest BCUT2D eigenvalue weighted by atomic mass is 10.0. The van der Waals surface area contributed by atoms with Gasteiger partial charge in [0.1, 0.15) is 0 Å². The van der Waals surface area contributed by atoms with Crippen LogP contribution >= 0.6 is 0 Å².